The van der Waals surface area contributed by atoms with Gasteiger partial charge in [-0.2, -0.15) is 0 Å². The first-order chi connectivity index (χ1) is 26.3. The molecule has 1 radical (unpaired) electrons. The van der Waals surface area contributed by atoms with Gasteiger partial charge in [-0.3, -0.25) is 0 Å². The van der Waals surface area contributed by atoms with Crippen LogP contribution >= 0.6 is 0 Å². The molecule has 0 saturated carbocycles. The molecule has 0 spiro atoms. The number of hydrogen-bond donors (Lipinski definition) is 0. The number of fused-ring (bicyclic) bond motifs is 2. The van der Waals surface area contributed by atoms with Gasteiger partial charge in [0.2, 0.25) is 0 Å². The van der Waals surface area contributed by atoms with E-state index in [1.54, 1.807) is 0 Å². The topological polar surface area (TPSA) is 0 Å². The van der Waals surface area contributed by atoms with Gasteiger partial charge in [0.15, 0.2) is 0 Å². The van der Waals surface area contributed by atoms with E-state index in [4.69, 9.17) is 0 Å². The van der Waals surface area contributed by atoms with E-state index in [9.17, 15) is 0 Å². The summed E-state index contributed by atoms with van der Waals surface area (Å²) in [6, 6.07) is 49.4. The van der Waals surface area contributed by atoms with Gasteiger partial charge in [-0.25, -0.2) is 0 Å². The summed E-state index contributed by atoms with van der Waals surface area (Å²) in [5, 5.41) is 5.19. The van der Waals surface area contributed by atoms with Crippen LogP contribution in [0.5, 0.6) is 0 Å². The quantitative estimate of drug-likeness (QED) is 0.158. The first kappa shape index (κ1) is 45.1. The predicted octanol–water partition coefficient (Wildman–Crippen LogP) is 6.64. The summed E-state index contributed by atoms with van der Waals surface area (Å²) >= 11 is 0. The van der Waals surface area contributed by atoms with Crippen LogP contribution in [-0.4, -0.2) is 0 Å². The second-order valence-corrected chi connectivity index (χ2v) is 18.0. The summed E-state index contributed by atoms with van der Waals surface area (Å²) in [4.78, 5) is 0. The van der Waals surface area contributed by atoms with Crippen molar-refractivity contribution in [2.45, 2.75) is 84.5 Å². The van der Waals surface area contributed by atoms with Crippen LogP contribution in [0, 0.1) is 10.4 Å². The number of rotatable bonds is 7. The summed E-state index contributed by atoms with van der Waals surface area (Å²) in [7, 11) is 0. The van der Waals surface area contributed by atoms with E-state index in [-0.39, 0.29) is 67.3 Å². The molecular weight excluding hydrogens is 823 g/mol. The van der Waals surface area contributed by atoms with E-state index in [0.717, 1.165) is 12.8 Å². The molecule has 0 saturated heterocycles. The minimum atomic E-state index is -0.298. The van der Waals surface area contributed by atoms with Crippen molar-refractivity contribution in [3.63, 3.8) is 0 Å². The average Bonchev–Trinajstić information content (AvgIpc) is 3.85. The molecule has 0 heterocycles. The Morgan fingerprint density at radius 1 is 0.621 bits per heavy atom. The second kappa shape index (κ2) is 17.7. The Bertz CT molecular complexity index is 2700. The predicted molar refractivity (Wildman–Crippen MR) is 235 cm³/mol. The van der Waals surface area contributed by atoms with Crippen LogP contribution in [0.1, 0.15) is 95.2 Å². The molecule has 0 N–H and O–H groups in total. The molecule has 0 nitrogen and oxygen atoms in total. The Morgan fingerprint density at radius 2 is 1.17 bits per heavy atom. The maximum absolute atomic E-state index is 4.17. The zero-order valence-corrected chi connectivity index (χ0v) is 39.1. The van der Waals surface area contributed by atoms with E-state index in [1.165, 1.54) is 87.7 Å². The zero-order chi connectivity index (χ0) is 38.5. The van der Waals surface area contributed by atoms with Crippen molar-refractivity contribution in [3.05, 3.63) is 206 Å². The molecule has 291 valence electrons. The summed E-state index contributed by atoms with van der Waals surface area (Å²) in [6.45, 7) is 19.2. The Morgan fingerprint density at radius 3 is 1.71 bits per heavy atom. The molecule has 0 fully saturated rings. The van der Waals surface area contributed by atoms with Gasteiger partial charge in [0.1, 0.15) is 0 Å². The number of allylic oxidation sites excluding steroid dienone is 4. The molecule has 2 aliphatic rings. The van der Waals surface area contributed by atoms with Crippen LogP contribution in [0.3, 0.4) is 0 Å². The van der Waals surface area contributed by atoms with Gasteiger partial charge >= 0.3 is 26.2 Å². The standard InChI is InChI=1S/C55H53.2ClH.Zr/c1-53(2,3)46-36-44-41(34-43(46)38-25-15-10-16-26-38)35-45-48(39-29-21-22-30-39)49(40-27-17-11-18-28-40)52(54(4,5)6)51(50(44)45)47(33-37-23-13-9-14-24-37)55(7,8)42-31-19-12-20-32-42;;;/h9-29,31-32,34,36H,30,33H2,1-8H3;2*1H;/q-1;;;+3/p-2. The van der Waals surface area contributed by atoms with Gasteiger partial charge in [-0.15, -0.1) is 33.4 Å². The smallest absolute Gasteiger partial charge is 1.00 e. The Balaban J connectivity index is 0.00000214. The van der Waals surface area contributed by atoms with Gasteiger partial charge in [0, 0.05) is 5.41 Å². The largest absolute Gasteiger partial charge is 3.00 e. The van der Waals surface area contributed by atoms with Gasteiger partial charge in [-0.1, -0.05) is 223 Å². The van der Waals surface area contributed by atoms with Crippen LogP contribution in [0.2, 0.25) is 0 Å². The fourth-order valence-electron chi connectivity index (χ4n) is 9.02. The Hall–Kier alpha value is -4.00. The Labute approximate surface area is 378 Å². The van der Waals surface area contributed by atoms with Crippen molar-refractivity contribution in [3.8, 4) is 22.3 Å². The van der Waals surface area contributed by atoms with Gasteiger partial charge < -0.3 is 24.8 Å². The van der Waals surface area contributed by atoms with Crippen LogP contribution in [0.4, 0.5) is 0 Å². The van der Waals surface area contributed by atoms with Gasteiger partial charge in [0.25, 0.3) is 0 Å². The minimum Gasteiger partial charge on any atom is -1.00 e. The van der Waals surface area contributed by atoms with Gasteiger partial charge in [-0.05, 0) is 68.2 Å². The zero-order valence-electron chi connectivity index (χ0n) is 35.1. The minimum absolute atomic E-state index is 0. The summed E-state index contributed by atoms with van der Waals surface area (Å²) < 4.78 is 0. The molecule has 0 unspecified atom stereocenters. The van der Waals surface area contributed by atoms with E-state index in [2.05, 4.69) is 213 Å². The van der Waals surface area contributed by atoms with Crippen molar-refractivity contribution in [2.24, 2.45) is 0 Å². The summed E-state index contributed by atoms with van der Waals surface area (Å²) in [6.07, 6.45) is 12.8. The van der Waals surface area contributed by atoms with Crippen molar-refractivity contribution in [1.29, 1.82) is 0 Å². The van der Waals surface area contributed by atoms with Crippen LogP contribution in [0.15, 0.2) is 152 Å². The van der Waals surface area contributed by atoms with E-state index >= 15 is 0 Å². The third-order valence-electron chi connectivity index (χ3n) is 11.8. The van der Waals surface area contributed by atoms with E-state index in [0.29, 0.717) is 0 Å². The number of halogens is 2. The Kier molecular flexibility index (Phi) is 13.8. The monoisotopic (exact) mass is 873 g/mol. The van der Waals surface area contributed by atoms with E-state index < -0.39 is 0 Å². The van der Waals surface area contributed by atoms with Gasteiger partial charge in [0.05, 0.1) is 0 Å². The third kappa shape index (κ3) is 8.39. The molecule has 0 atom stereocenters. The van der Waals surface area contributed by atoms with Crippen LogP contribution < -0.4 is 35.3 Å². The number of benzene rings is 6. The van der Waals surface area contributed by atoms with Crippen LogP contribution in [-0.2, 0) is 48.9 Å². The van der Waals surface area contributed by atoms with Crippen molar-refractivity contribution in [2.75, 3.05) is 0 Å². The van der Waals surface area contributed by atoms with Crippen LogP contribution in [0.25, 0.3) is 39.5 Å². The molecule has 58 heavy (non-hydrogen) atoms. The number of hydrogen-bond acceptors (Lipinski definition) is 0. The average molecular weight is 876 g/mol. The molecule has 6 aromatic rings. The van der Waals surface area contributed by atoms with Crippen molar-refractivity contribution < 1.29 is 51.0 Å². The molecule has 0 aromatic heterocycles. The maximum Gasteiger partial charge on any atom is 3.00 e. The van der Waals surface area contributed by atoms with Crippen molar-refractivity contribution >= 4 is 17.2 Å². The molecule has 3 heteroatoms. The molecular formula is C55H53Cl2Zr. The SMILES string of the molecule is CC(C)(C)c1cc2c(cc1-c1ccccc1)=[C-]c1c(C3=CC=CC3)c(-c3ccccc3)c(C(C)(C)C)c(=C(Cc3ccccc3)C(C)(C)c3ccccc3)c1=2.[Cl-].[Cl-].[Zr+3]. The molecule has 0 bridgehead atoms. The maximum atomic E-state index is 4.17. The molecule has 0 aliphatic heterocycles. The normalized spacial score (nSPS) is 13.6. The molecule has 0 amide bonds. The first-order valence-corrected chi connectivity index (χ1v) is 20.0. The molecule has 8 rings (SSSR count). The molecule has 6 aromatic carbocycles. The second-order valence-electron chi connectivity index (χ2n) is 18.0. The van der Waals surface area contributed by atoms with E-state index in [1.807, 2.05) is 0 Å². The fourth-order valence-corrected chi connectivity index (χ4v) is 9.02. The summed E-state index contributed by atoms with van der Waals surface area (Å²) in [5.74, 6) is 0. The third-order valence-corrected chi connectivity index (χ3v) is 11.8. The first-order valence-electron chi connectivity index (χ1n) is 20.0. The fraction of sp³-hybridized carbons (Fsp3) is 0.236. The molecule has 2 aliphatic carbocycles. The van der Waals surface area contributed by atoms with Crippen molar-refractivity contribution in [1.82, 2.24) is 0 Å². The summed E-state index contributed by atoms with van der Waals surface area (Å²) in [5.41, 5.74) is 15.3.